The van der Waals surface area contributed by atoms with Crippen LogP contribution in [0.4, 0.5) is 0 Å². The van der Waals surface area contributed by atoms with Crippen molar-refractivity contribution in [2.75, 3.05) is 11.5 Å². The molecule has 0 amide bonds. The predicted molar refractivity (Wildman–Crippen MR) is 64.3 cm³/mol. The van der Waals surface area contributed by atoms with Crippen LogP contribution in [0.15, 0.2) is 24.5 Å². The molecular formula is C11H12N4S. The van der Waals surface area contributed by atoms with Gasteiger partial charge in [0.25, 0.3) is 0 Å². The van der Waals surface area contributed by atoms with Crippen molar-refractivity contribution in [3.63, 3.8) is 0 Å². The summed E-state index contributed by atoms with van der Waals surface area (Å²) in [5.41, 5.74) is 1.10. The zero-order chi connectivity index (χ0) is 10.8. The number of thioether (sulfide) groups is 1. The lowest BCUT2D eigenvalue weighted by Gasteiger charge is -2.05. The highest BCUT2D eigenvalue weighted by Crippen LogP contribution is 2.21. The van der Waals surface area contributed by atoms with Crippen molar-refractivity contribution in [2.24, 2.45) is 0 Å². The number of nitrogens with zero attached hydrogens (tertiary/aromatic N) is 4. The zero-order valence-electron chi connectivity index (χ0n) is 8.83. The van der Waals surface area contributed by atoms with Crippen LogP contribution >= 0.6 is 11.8 Å². The van der Waals surface area contributed by atoms with E-state index >= 15 is 0 Å². The highest BCUT2D eigenvalue weighted by atomic mass is 32.2. The molecule has 82 valence electrons. The molecule has 0 unspecified atom stereocenters. The van der Waals surface area contributed by atoms with Crippen LogP contribution in [0.2, 0.25) is 0 Å². The van der Waals surface area contributed by atoms with E-state index in [2.05, 4.69) is 19.7 Å². The van der Waals surface area contributed by atoms with Gasteiger partial charge in [0.05, 0.1) is 0 Å². The van der Waals surface area contributed by atoms with Crippen LogP contribution < -0.4 is 0 Å². The molecule has 0 radical (unpaired) electrons. The second-order valence-corrected chi connectivity index (χ2v) is 4.91. The first-order valence-electron chi connectivity index (χ1n) is 5.35. The Morgan fingerprint density at radius 3 is 2.88 bits per heavy atom. The maximum absolute atomic E-state index is 4.29. The largest absolute Gasteiger partial charge is 0.310 e. The highest BCUT2D eigenvalue weighted by molar-refractivity contribution is 7.99. The summed E-state index contributed by atoms with van der Waals surface area (Å²) in [4.78, 5) is 4.02. The van der Waals surface area contributed by atoms with Gasteiger partial charge in [0.15, 0.2) is 5.82 Å². The van der Waals surface area contributed by atoms with Crippen molar-refractivity contribution in [3.8, 4) is 11.4 Å². The zero-order valence-corrected chi connectivity index (χ0v) is 9.65. The Labute approximate surface area is 98.1 Å². The first-order valence-corrected chi connectivity index (χ1v) is 6.51. The molecule has 2 aromatic rings. The first-order chi connectivity index (χ1) is 7.95. The third-order valence-electron chi connectivity index (χ3n) is 2.70. The lowest BCUT2D eigenvalue weighted by Crippen LogP contribution is -2.04. The summed E-state index contributed by atoms with van der Waals surface area (Å²) in [6.07, 6.45) is 4.60. The quantitative estimate of drug-likeness (QED) is 0.749. The minimum absolute atomic E-state index is 0.972. The van der Waals surface area contributed by atoms with Crippen LogP contribution in [0.3, 0.4) is 0 Å². The molecule has 0 saturated carbocycles. The van der Waals surface area contributed by atoms with Gasteiger partial charge >= 0.3 is 0 Å². The molecule has 1 aliphatic rings. The first kappa shape index (κ1) is 9.84. The fourth-order valence-electron chi connectivity index (χ4n) is 1.89. The van der Waals surface area contributed by atoms with E-state index in [0.717, 1.165) is 41.7 Å². The van der Waals surface area contributed by atoms with Crippen molar-refractivity contribution in [2.45, 2.75) is 13.0 Å². The molecule has 0 aromatic carbocycles. The fraction of sp³-hybridized carbons (Fsp3) is 0.364. The van der Waals surface area contributed by atoms with Crippen molar-refractivity contribution in [1.82, 2.24) is 19.7 Å². The van der Waals surface area contributed by atoms with Crippen molar-refractivity contribution in [1.29, 1.82) is 0 Å². The van der Waals surface area contributed by atoms with Gasteiger partial charge in [0.2, 0.25) is 0 Å². The van der Waals surface area contributed by atoms with Gasteiger partial charge in [-0.2, -0.15) is 11.8 Å². The lowest BCUT2D eigenvalue weighted by atomic mass is 10.2. The van der Waals surface area contributed by atoms with Gasteiger partial charge in [-0.3, -0.25) is 4.98 Å². The van der Waals surface area contributed by atoms with E-state index in [1.165, 1.54) is 0 Å². The molecule has 3 heterocycles. The summed E-state index contributed by atoms with van der Waals surface area (Å²) < 4.78 is 2.23. The molecule has 3 rings (SSSR count). The Bertz CT molecular complexity index is 480. The molecule has 0 fully saturated rings. The van der Waals surface area contributed by atoms with Gasteiger partial charge < -0.3 is 4.57 Å². The SMILES string of the molecule is c1cc(-c2nnc3n2CCSCC3)ccn1. The maximum Gasteiger partial charge on any atom is 0.164 e. The summed E-state index contributed by atoms with van der Waals surface area (Å²) in [7, 11) is 0. The molecule has 4 nitrogen and oxygen atoms in total. The van der Waals surface area contributed by atoms with Gasteiger partial charge in [-0.1, -0.05) is 0 Å². The summed E-state index contributed by atoms with van der Waals surface area (Å²) in [5, 5.41) is 8.56. The van der Waals surface area contributed by atoms with Gasteiger partial charge in [0.1, 0.15) is 5.82 Å². The Morgan fingerprint density at radius 2 is 2.00 bits per heavy atom. The van der Waals surface area contributed by atoms with Crippen LogP contribution in [0.1, 0.15) is 5.82 Å². The topological polar surface area (TPSA) is 43.6 Å². The highest BCUT2D eigenvalue weighted by Gasteiger charge is 2.15. The Balaban J connectivity index is 2.06. The lowest BCUT2D eigenvalue weighted by molar-refractivity contribution is 0.731. The van der Waals surface area contributed by atoms with Crippen LogP contribution in [-0.2, 0) is 13.0 Å². The van der Waals surface area contributed by atoms with E-state index in [4.69, 9.17) is 0 Å². The van der Waals surface area contributed by atoms with E-state index in [1.807, 2.05) is 23.9 Å². The number of aryl methyl sites for hydroxylation is 1. The third-order valence-corrected chi connectivity index (χ3v) is 3.66. The number of fused-ring (bicyclic) bond motifs is 1. The van der Waals surface area contributed by atoms with Crippen LogP contribution in [-0.4, -0.2) is 31.3 Å². The number of aromatic nitrogens is 4. The molecule has 16 heavy (non-hydrogen) atoms. The van der Waals surface area contributed by atoms with E-state index in [1.54, 1.807) is 12.4 Å². The van der Waals surface area contributed by atoms with Gasteiger partial charge in [0, 0.05) is 42.4 Å². The normalized spacial score (nSPS) is 15.5. The van der Waals surface area contributed by atoms with E-state index in [9.17, 15) is 0 Å². The molecule has 0 spiro atoms. The molecule has 2 aromatic heterocycles. The fourth-order valence-corrected chi connectivity index (χ4v) is 2.73. The molecular weight excluding hydrogens is 220 g/mol. The Kier molecular flexibility index (Phi) is 2.61. The third kappa shape index (κ3) is 1.71. The summed E-state index contributed by atoms with van der Waals surface area (Å²) in [5.74, 6) is 4.37. The molecule has 5 heteroatoms. The van der Waals surface area contributed by atoms with Crippen molar-refractivity contribution < 1.29 is 0 Å². The van der Waals surface area contributed by atoms with Gasteiger partial charge in [-0.05, 0) is 12.1 Å². The number of hydrogen-bond donors (Lipinski definition) is 0. The van der Waals surface area contributed by atoms with Crippen molar-refractivity contribution in [3.05, 3.63) is 30.4 Å². The van der Waals surface area contributed by atoms with E-state index < -0.39 is 0 Å². The number of hydrogen-bond acceptors (Lipinski definition) is 4. The molecule has 1 aliphatic heterocycles. The van der Waals surface area contributed by atoms with Crippen molar-refractivity contribution >= 4 is 11.8 Å². The van der Waals surface area contributed by atoms with Gasteiger partial charge in [-0.25, -0.2) is 0 Å². The molecule has 0 bridgehead atoms. The number of pyridine rings is 1. The number of rotatable bonds is 1. The second-order valence-electron chi connectivity index (χ2n) is 3.69. The van der Waals surface area contributed by atoms with E-state index in [0.29, 0.717) is 0 Å². The standard InChI is InChI=1S/C11H12N4S/c1-4-12-5-2-9(1)11-14-13-10-3-7-16-8-6-15(10)11/h1-2,4-5H,3,6-8H2. The predicted octanol–water partition coefficient (Wildman–Crippen LogP) is 1.63. The van der Waals surface area contributed by atoms with Crippen LogP contribution in [0, 0.1) is 0 Å². The maximum atomic E-state index is 4.29. The van der Waals surface area contributed by atoms with Gasteiger partial charge in [-0.15, -0.1) is 10.2 Å². The summed E-state index contributed by atoms with van der Waals surface area (Å²) in [6.45, 7) is 1.00. The van der Waals surface area contributed by atoms with Crippen LogP contribution in [0.25, 0.3) is 11.4 Å². The summed E-state index contributed by atoms with van der Waals surface area (Å²) in [6, 6.07) is 3.96. The average molecular weight is 232 g/mol. The van der Waals surface area contributed by atoms with E-state index in [-0.39, 0.29) is 0 Å². The smallest absolute Gasteiger partial charge is 0.164 e. The minimum Gasteiger partial charge on any atom is -0.310 e. The molecule has 0 atom stereocenters. The Hall–Kier alpha value is -1.36. The average Bonchev–Trinajstić information content (AvgIpc) is 2.60. The minimum atomic E-state index is 0.972. The van der Waals surface area contributed by atoms with Crippen LogP contribution in [0.5, 0.6) is 0 Å². The molecule has 0 N–H and O–H groups in total. The Morgan fingerprint density at radius 1 is 1.12 bits per heavy atom. The second kappa shape index (κ2) is 4.25. The molecule has 0 aliphatic carbocycles. The molecule has 0 saturated heterocycles. The summed E-state index contributed by atoms with van der Waals surface area (Å²) >= 11 is 1.98. The monoisotopic (exact) mass is 232 g/mol.